The van der Waals surface area contributed by atoms with Gasteiger partial charge in [0.05, 0.1) is 6.61 Å². The van der Waals surface area contributed by atoms with Crippen LogP contribution in [0.5, 0.6) is 0 Å². The molecule has 1 atom stereocenters. The number of halogens is 2. The third-order valence-electron chi connectivity index (χ3n) is 3.40. The Morgan fingerprint density at radius 2 is 2.28 bits per heavy atom. The van der Waals surface area contributed by atoms with Crippen molar-refractivity contribution in [3.63, 3.8) is 0 Å². The minimum atomic E-state index is -2.57. The van der Waals surface area contributed by atoms with E-state index in [2.05, 4.69) is 9.97 Å². The van der Waals surface area contributed by atoms with Crippen molar-refractivity contribution in [2.24, 2.45) is 0 Å². The minimum Gasteiger partial charge on any atom is -0.392 e. The standard InChI is InChI=1S/C13H18F2N2O/c1-2-3-11-10(8-18)7-16-12(17-11)9-4-5-13(14,15)6-9/h7,9,18H,2-6,8H2,1H3. The summed E-state index contributed by atoms with van der Waals surface area (Å²) in [6, 6.07) is 0. The van der Waals surface area contributed by atoms with Crippen LogP contribution in [0, 0.1) is 0 Å². The summed E-state index contributed by atoms with van der Waals surface area (Å²) in [4.78, 5) is 8.51. The van der Waals surface area contributed by atoms with Gasteiger partial charge in [-0.3, -0.25) is 0 Å². The maximum absolute atomic E-state index is 13.2. The lowest BCUT2D eigenvalue weighted by Crippen LogP contribution is -2.11. The summed E-state index contributed by atoms with van der Waals surface area (Å²) in [5, 5.41) is 9.18. The Labute approximate surface area is 105 Å². The first-order valence-corrected chi connectivity index (χ1v) is 6.39. The smallest absolute Gasteiger partial charge is 0.248 e. The van der Waals surface area contributed by atoms with E-state index in [-0.39, 0.29) is 25.4 Å². The van der Waals surface area contributed by atoms with Gasteiger partial charge in [0.15, 0.2) is 0 Å². The number of aliphatic hydroxyl groups excluding tert-OH is 1. The molecule has 0 saturated heterocycles. The van der Waals surface area contributed by atoms with Gasteiger partial charge in [0.2, 0.25) is 5.92 Å². The van der Waals surface area contributed by atoms with Gasteiger partial charge in [-0.15, -0.1) is 0 Å². The second-order valence-electron chi connectivity index (χ2n) is 4.90. The molecule has 1 aromatic rings. The highest BCUT2D eigenvalue weighted by Gasteiger charge is 2.41. The lowest BCUT2D eigenvalue weighted by Gasteiger charge is -2.12. The number of aliphatic hydroxyl groups is 1. The van der Waals surface area contributed by atoms with Crippen LogP contribution in [0.25, 0.3) is 0 Å². The van der Waals surface area contributed by atoms with Gasteiger partial charge in [-0.05, 0) is 12.8 Å². The van der Waals surface area contributed by atoms with Crippen molar-refractivity contribution in [2.75, 3.05) is 0 Å². The van der Waals surface area contributed by atoms with Crippen LogP contribution in [0.1, 0.15) is 55.6 Å². The number of rotatable bonds is 4. The number of nitrogens with zero attached hydrogens (tertiary/aromatic N) is 2. The first-order chi connectivity index (χ1) is 8.55. The molecule has 1 fully saturated rings. The van der Waals surface area contributed by atoms with Crippen LogP contribution in [0.15, 0.2) is 6.20 Å². The van der Waals surface area contributed by atoms with E-state index >= 15 is 0 Å². The second-order valence-corrected chi connectivity index (χ2v) is 4.90. The molecule has 2 rings (SSSR count). The number of aryl methyl sites for hydroxylation is 1. The zero-order valence-electron chi connectivity index (χ0n) is 10.5. The first-order valence-electron chi connectivity index (χ1n) is 6.39. The molecule has 0 spiro atoms. The van der Waals surface area contributed by atoms with Gasteiger partial charge in [0.1, 0.15) is 5.82 Å². The number of hydrogen-bond acceptors (Lipinski definition) is 3. The molecular formula is C13H18F2N2O. The summed E-state index contributed by atoms with van der Waals surface area (Å²) < 4.78 is 26.4. The monoisotopic (exact) mass is 256 g/mol. The number of hydrogen-bond donors (Lipinski definition) is 1. The van der Waals surface area contributed by atoms with Gasteiger partial charge >= 0.3 is 0 Å². The summed E-state index contributed by atoms with van der Waals surface area (Å²) in [6.45, 7) is 1.92. The molecule has 18 heavy (non-hydrogen) atoms. The Bertz CT molecular complexity index is 423. The van der Waals surface area contributed by atoms with Crippen LogP contribution >= 0.6 is 0 Å². The minimum absolute atomic E-state index is 0.0775. The predicted molar refractivity (Wildman–Crippen MR) is 63.5 cm³/mol. The van der Waals surface area contributed by atoms with E-state index in [1.807, 2.05) is 6.92 Å². The van der Waals surface area contributed by atoms with Gasteiger partial charge in [0, 0.05) is 36.2 Å². The van der Waals surface area contributed by atoms with Crippen molar-refractivity contribution in [3.05, 3.63) is 23.3 Å². The molecular weight excluding hydrogens is 238 g/mol. The lowest BCUT2D eigenvalue weighted by molar-refractivity contribution is 0.00752. The van der Waals surface area contributed by atoms with Crippen molar-refractivity contribution in [2.45, 2.75) is 57.5 Å². The highest BCUT2D eigenvalue weighted by atomic mass is 19.3. The predicted octanol–water partition coefficient (Wildman–Crippen LogP) is 2.82. The molecule has 0 bridgehead atoms. The van der Waals surface area contributed by atoms with Crippen LogP contribution in [0.4, 0.5) is 8.78 Å². The Morgan fingerprint density at radius 1 is 1.50 bits per heavy atom. The van der Waals surface area contributed by atoms with Crippen LogP contribution in [0.2, 0.25) is 0 Å². The van der Waals surface area contributed by atoms with E-state index in [1.165, 1.54) is 0 Å². The molecule has 1 aliphatic rings. The zero-order chi connectivity index (χ0) is 13.2. The summed E-state index contributed by atoms with van der Waals surface area (Å²) >= 11 is 0. The van der Waals surface area contributed by atoms with Gasteiger partial charge in [-0.25, -0.2) is 18.7 Å². The average Bonchev–Trinajstić information content (AvgIpc) is 2.70. The maximum atomic E-state index is 13.2. The molecule has 5 heteroatoms. The van der Waals surface area contributed by atoms with E-state index < -0.39 is 5.92 Å². The van der Waals surface area contributed by atoms with Crippen molar-refractivity contribution in [1.29, 1.82) is 0 Å². The highest BCUT2D eigenvalue weighted by molar-refractivity contribution is 5.19. The van der Waals surface area contributed by atoms with E-state index in [0.29, 0.717) is 17.8 Å². The zero-order valence-corrected chi connectivity index (χ0v) is 10.5. The Hall–Kier alpha value is -1.10. The Kier molecular flexibility index (Phi) is 3.90. The molecule has 1 aliphatic carbocycles. The molecule has 0 amide bonds. The molecule has 1 N–H and O–H groups in total. The summed E-state index contributed by atoms with van der Waals surface area (Å²) in [6.07, 6.45) is 3.43. The van der Waals surface area contributed by atoms with E-state index in [1.54, 1.807) is 6.20 Å². The molecule has 3 nitrogen and oxygen atoms in total. The van der Waals surface area contributed by atoms with Gasteiger partial charge in [-0.1, -0.05) is 13.3 Å². The van der Waals surface area contributed by atoms with Crippen LogP contribution in [0.3, 0.4) is 0 Å². The van der Waals surface area contributed by atoms with Crippen LogP contribution < -0.4 is 0 Å². The van der Waals surface area contributed by atoms with Gasteiger partial charge in [-0.2, -0.15) is 0 Å². The van der Waals surface area contributed by atoms with Crippen molar-refractivity contribution in [1.82, 2.24) is 9.97 Å². The summed E-state index contributed by atoms with van der Waals surface area (Å²) in [7, 11) is 0. The van der Waals surface area contributed by atoms with Crippen molar-refractivity contribution >= 4 is 0 Å². The number of aromatic nitrogens is 2. The van der Waals surface area contributed by atoms with Gasteiger partial charge < -0.3 is 5.11 Å². The normalized spacial score (nSPS) is 22.3. The SMILES string of the molecule is CCCc1nc(C2CCC(F)(F)C2)ncc1CO. The van der Waals surface area contributed by atoms with Crippen LogP contribution in [-0.2, 0) is 13.0 Å². The topological polar surface area (TPSA) is 46.0 Å². The molecule has 1 aromatic heterocycles. The molecule has 1 saturated carbocycles. The molecule has 100 valence electrons. The quantitative estimate of drug-likeness (QED) is 0.901. The molecule has 0 aliphatic heterocycles. The van der Waals surface area contributed by atoms with Crippen molar-refractivity contribution < 1.29 is 13.9 Å². The van der Waals surface area contributed by atoms with Gasteiger partial charge in [0.25, 0.3) is 0 Å². The number of alkyl halides is 2. The fourth-order valence-corrected chi connectivity index (χ4v) is 2.41. The van der Waals surface area contributed by atoms with E-state index in [4.69, 9.17) is 0 Å². The summed E-state index contributed by atoms with van der Waals surface area (Å²) in [5.41, 5.74) is 1.49. The fraction of sp³-hybridized carbons (Fsp3) is 0.692. The third kappa shape index (κ3) is 2.83. The largest absolute Gasteiger partial charge is 0.392 e. The molecule has 0 aromatic carbocycles. The van der Waals surface area contributed by atoms with E-state index in [9.17, 15) is 13.9 Å². The summed E-state index contributed by atoms with van der Waals surface area (Å²) in [5.74, 6) is -2.31. The molecule has 1 unspecified atom stereocenters. The first kappa shape index (κ1) is 13.3. The molecule has 1 heterocycles. The molecule has 0 radical (unpaired) electrons. The Balaban J connectivity index is 2.21. The Morgan fingerprint density at radius 3 is 2.83 bits per heavy atom. The lowest BCUT2D eigenvalue weighted by atomic mass is 10.1. The van der Waals surface area contributed by atoms with Crippen LogP contribution in [-0.4, -0.2) is 21.0 Å². The van der Waals surface area contributed by atoms with Crippen molar-refractivity contribution in [3.8, 4) is 0 Å². The second kappa shape index (κ2) is 5.26. The maximum Gasteiger partial charge on any atom is 0.248 e. The average molecular weight is 256 g/mol. The van der Waals surface area contributed by atoms with E-state index in [0.717, 1.165) is 18.5 Å². The third-order valence-corrected chi connectivity index (χ3v) is 3.40. The fourth-order valence-electron chi connectivity index (χ4n) is 2.41. The highest BCUT2D eigenvalue weighted by Crippen LogP contribution is 2.43.